The van der Waals surface area contributed by atoms with Crippen molar-refractivity contribution < 1.29 is 19.0 Å². The standard InChI is InChI=1S/C11H13N5O3S/c1-5-13-8-7(9(14-5)20-4-6(12)17)10(18)16(3)11(19)15(8)2/h7H,4H2,1-3H3,(H-,12,17)/p+1. The number of carbonyl (C=O) groups excluding carboxylic acids is 3. The predicted molar refractivity (Wildman–Crippen MR) is 75.0 cm³/mol. The number of thioether (sulfide) groups is 1. The Kier molecular flexibility index (Phi) is 3.71. The molecule has 2 rings (SSSR count). The van der Waals surface area contributed by atoms with Crippen LogP contribution in [0.15, 0.2) is 9.98 Å². The summed E-state index contributed by atoms with van der Waals surface area (Å²) in [7, 11) is 2.95. The van der Waals surface area contributed by atoms with Crippen molar-refractivity contribution in [3.05, 3.63) is 0 Å². The van der Waals surface area contributed by atoms with E-state index in [2.05, 4.69) is 9.98 Å². The number of hydrogen-bond donors (Lipinski definition) is 1. The molecule has 0 bridgehead atoms. The van der Waals surface area contributed by atoms with Crippen molar-refractivity contribution in [2.75, 3.05) is 19.8 Å². The fourth-order valence-electron chi connectivity index (χ4n) is 1.95. The molecule has 2 aliphatic rings. The lowest BCUT2D eigenvalue weighted by atomic mass is 10.1. The lowest BCUT2D eigenvalue weighted by Gasteiger charge is -2.25. The quantitative estimate of drug-likeness (QED) is 0.678. The lowest BCUT2D eigenvalue weighted by Crippen LogP contribution is -2.54. The summed E-state index contributed by atoms with van der Waals surface area (Å²) < 4.78 is 1.31. The number of aliphatic imine (C=N–C) groups is 2. The van der Waals surface area contributed by atoms with Gasteiger partial charge in [0.25, 0.3) is 5.84 Å². The molecule has 0 saturated carbocycles. The predicted octanol–water partition coefficient (Wildman–Crippen LogP) is -0.716. The minimum absolute atomic E-state index is 0.0184. The molecule has 0 aromatic heterocycles. The average Bonchev–Trinajstić information content (AvgIpc) is 2.39. The molecule has 0 radical (unpaired) electrons. The normalized spacial score (nSPS) is 22.6. The van der Waals surface area contributed by atoms with Crippen molar-refractivity contribution in [2.45, 2.75) is 6.92 Å². The molecule has 1 unspecified atom stereocenters. The number of urea groups is 1. The summed E-state index contributed by atoms with van der Waals surface area (Å²) in [6.45, 7) is 1.66. The zero-order chi connectivity index (χ0) is 15.0. The Bertz CT molecular complexity index is 607. The van der Waals surface area contributed by atoms with Gasteiger partial charge in [0.1, 0.15) is 5.04 Å². The molecule has 0 aromatic carbocycles. The zero-order valence-corrected chi connectivity index (χ0v) is 12.1. The summed E-state index contributed by atoms with van der Waals surface area (Å²) in [6.07, 6.45) is 0. The topological polar surface area (TPSA) is 108 Å². The van der Waals surface area contributed by atoms with E-state index in [4.69, 9.17) is 5.73 Å². The Balaban J connectivity index is 2.46. The molecule has 106 valence electrons. The van der Waals surface area contributed by atoms with Crippen LogP contribution in [0.3, 0.4) is 0 Å². The van der Waals surface area contributed by atoms with Crippen molar-refractivity contribution >= 4 is 46.3 Å². The van der Waals surface area contributed by atoms with Crippen molar-refractivity contribution in [2.24, 2.45) is 21.6 Å². The minimum atomic E-state index is -0.754. The molecule has 0 aromatic rings. The van der Waals surface area contributed by atoms with E-state index in [1.807, 2.05) is 0 Å². The van der Waals surface area contributed by atoms with Gasteiger partial charge in [-0.1, -0.05) is 16.8 Å². The van der Waals surface area contributed by atoms with Gasteiger partial charge in [-0.25, -0.2) is 9.79 Å². The van der Waals surface area contributed by atoms with Gasteiger partial charge >= 0.3 is 11.9 Å². The van der Waals surface area contributed by atoms with E-state index in [9.17, 15) is 14.4 Å². The minimum Gasteiger partial charge on any atom is -0.369 e. The highest BCUT2D eigenvalue weighted by atomic mass is 32.2. The number of nitrogens with two attached hydrogens (primary N) is 1. The van der Waals surface area contributed by atoms with Crippen LogP contribution >= 0.6 is 11.8 Å². The second-order valence-electron chi connectivity index (χ2n) is 4.39. The van der Waals surface area contributed by atoms with Crippen LogP contribution in [-0.4, -0.2) is 63.9 Å². The van der Waals surface area contributed by atoms with Gasteiger partial charge in [-0.05, 0) is 0 Å². The molecule has 0 saturated heterocycles. The van der Waals surface area contributed by atoms with Crippen LogP contribution in [0.25, 0.3) is 0 Å². The molecular weight excluding hydrogens is 282 g/mol. The van der Waals surface area contributed by atoms with Gasteiger partial charge in [0.2, 0.25) is 11.7 Å². The van der Waals surface area contributed by atoms with Gasteiger partial charge in [0.05, 0.1) is 19.8 Å². The molecule has 1 atom stereocenters. The van der Waals surface area contributed by atoms with E-state index in [1.165, 1.54) is 11.6 Å². The third-order valence-electron chi connectivity index (χ3n) is 2.91. The number of nitrogens with zero attached hydrogens (tertiary/aromatic N) is 4. The van der Waals surface area contributed by atoms with Crippen LogP contribution in [0.5, 0.6) is 0 Å². The monoisotopic (exact) mass is 296 g/mol. The smallest absolute Gasteiger partial charge is 0.369 e. The number of primary amides is 1. The average molecular weight is 296 g/mol. The van der Waals surface area contributed by atoms with Crippen LogP contribution < -0.4 is 5.73 Å². The highest BCUT2D eigenvalue weighted by Crippen LogP contribution is 2.24. The van der Waals surface area contributed by atoms with Crippen molar-refractivity contribution in [1.82, 2.24) is 4.90 Å². The molecule has 2 N–H and O–H groups in total. The molecule has 4 amide bonds. The first kappa shape index (κ1) is 14.4. The largest absolute Gasteiger partial charge is 0.445 e. The maximum absolute atomic E-state index is 12.3. The third-order valence-corrected chi connectivity index (χ3v) is 3.96. The number of fused-ring (bicyclic) bond motifs is 1. The summed E-state index contributed by atoms with van der Waals surface area (Å²) in [5.74, 6) is -0.881. The van der Waals surface area contributed by atoms with Gasteiger partial charge in [-0.15, -0.1) is 0 Å². The Morgan fingerprint density at radius 2 is 2.10 bits per heavy atom. The molecule has 2 aliphatic heterocycles. The highest BCUT2D eigenvalue weighted by Gasteiger charge is 2.48. The van der Waals surface area contributed by atoms with Crippen molar-refractivity contribution in [1.29, 1.82) is 0 Å². The third kappa shape index (κ3) is 2.36. The van der Waals surface area contributed by atoms with Gasteiger partial charge in [0, 0.05) is 6.92 Å². The fraction of sp³-hybridized carbons (Fsp3) is 0.455. The molecule has 0 aliphatic carbocycles. The summed E-state index contributed by atoms with van der Waals surface area (Å²) in [6, 6.07) is -0.445. The highest BCUT2D eigenvalue weighted by molar-refractivity contribution is 8.14. The number of amides is 4. The van der Waals surface area contributed by atoms with Gasteiger partial charge in [-0.2, -0.15) is 9.48 Å². The van der Waals surface area contributed by atoms with Gasteiger partial charge in [-0.3, -0.25) is 9.59 Å². The van der Waals surface area contributed by atoms with Crippen LogP contribution in [0, 0.1) is 5.92 Å². The van der Waals surface area contributed by atoms with E-state index < -0.39 is 23.8 Å². The van der Waals surface area contributed by atoms with Crippen LogP contribution in [-0.2, 0) is 9.59 Å². The van der Waals surface area contributed by atoms with E-state index in [0.29, 0.717) is 16.7 Å². The van der Waals surface area contributed by atoms with E-state index in [0.717, 1.165) is 16.7 Å². The number of amidine groups is 2. The van der Waals surface area contributed by atoms with Crippen LogP contribution in [0.2, 0.25) is 0 Å². The van der Waals surface area contributed by atoms with Gasteiger partial charge in [0.15, 0.2) is 5.92 Å². The lowest BCUT2D eigenvalue weighted by molar-refractivity contribution is -0.407. The van der Waals surface area contributed by atoms with Crippen LogP contribution in [0.4, 0.5) is 4.79 Å². The summed E-state index contributed by atoms with van der Waals surface area (Å²) in [5.41, 5.74) is 5.11. The molecular formula is C11H14N5O3S+. The second-order valence-corrected chi connectivity index (χ2v) is 5.39. The van der Waals surface area contributed by atoms with Crippen LogP contribution in [0.1, 0.15) is 6.92 Å². The van der Waals surface area contributed by atoms with Crippen molar-refractivity contribution in [3.63, 3.8) is 0 Å². The van der Waals surface area contributed by atoms with E-state index >= 15 is 0 Å². The fourth-order valence-corrected chi connectivity index (χ4v) is 2.81. The Labute approximate surface area is 119 Å². The summed E-state index contributed by atoms with van der Waals surface area (Å²) in [4.78, 5) is 44.4. The van der Waals surface area contributed by atoms with E-state index in [1.54, 1.807) is 14.0 Å². The number of hydrogen-bond acceptors (Lipinski definition) is 6. The first-order chi connectivity index (χ1) is 9.32. The maximum atomic E-state index is 12.3. The summed E-state index contributed by atoms with van der Waals surface area (Å²) >= 11 is 1.09. The SMILES string of the molecule is CC1=NC2=[N+](C)C(=O)N(C)C(=O)C2C(SCC(N)=O)=N1. The van der Waals surface area contributed by atoms with E-state index in [-0.39, 0.29) is 5.75 Å². The molecule has 20 heavy (non-hydrogen) atoms. The van der Waals surface area contributed by atoms with Gasteiger partial charge < -0.3 is 5.73 Å². The first-order valence-electron chi connectivity index (χ1n) is 5.80. The molecule has 8 nitrogen and oxygen atoms in total. The summed E-state index contributed by atoms with van der Waals surface area (Å²) in [5, 5.41) is 0.433. The Morgan fingerprint density at radius 1 is 1.45 bits per heavy atom. The molecule has 0 spiro atoms. The van der Waals surface area contributed by atoms with Crippen molar-refractivity contribution in [3.8, 4) is 0 Å². The molecule has 9 heteroatoms. The first-order valence-corrected chi connectivity index (χ1v) is 6.78. The number of carbonyl (C=O) groups is 3. The zero-order valence-electron chi connectivity index (χ0n) is 11.3. The molecule has 0 fully saturated rings. The molecule has 2 heterocycles. The number of rotatable bonds is 2. The second kappa shape index (κ2) is 5.16. The number of imide groups is 1. The Hall–Kier alpha value is -2.03. The Morgan fingerprint density at radius 3 is 2.70 bits per heavy atom. The maximum Gasteiger partial charge on any atom is 0.445 e.